The SMILES string of the molecule is CC(C)C(C)(C)CNC(=O)c1sc(NC(C)(C)C)nc1N. The first-order chi connectivity index (χ1) is 9.42. The molecule has 0 unspecified atom stereocenters. The van der Waals surface area contributed by atoms with E-state index in [1.807, 2.05) is 20.8 Å². The Morgan fingerprint density at radius 1 is 1.29 bits per heavy atom. The maximum atomic E-state index is 12.3. The van der Waals surface area contributed by atoms with E-state index in [1.54, 1.807) is 0 Å². The van der Waals surface area contributed by atoms with Crippen molar-refractivity contribution < 1.29 is 4.79 Å². The number of aromatic nitrogens is 1. The molecule has 1 rings (SSSR count). The predicted octanol–water partition coefficient (Wildman–Crippen LogP) is 3.35. The Hall–Kier alpha value is -1.30. The number of hydrogen-bond acceptors (Lipinski definition) is 5. The number of carbonyl (C=O) groups is 1. The summed E-state index contributed by atoms with van der Waals surface area (Å²) >= 11 is 1.29. The Kier molecular flexibility index (Phi) is 5.25. The first-order valence-electron chi connectivity index (χ1n) is 7.25. The van der Waals surface area contributed by atoms with E-state index in [1.165, 1.54) is 11.3 Å². The molecule has 0 spiro atoms. The second-order valence-electron chi connectivity index (χ2n) is 7.43. The van der Waals surface area contributed by atoms with Crippen LogP contribution in [-0.4, -0.2) is 23.0 Å². The van der Waals surface area contributed by atoms with E-state index in [2.05, 4.69) is 43.3 Å². The number of nitrogens with two attached hydrogens (primary N) is 1. The summed E-state index contributed by atoms with van der Waals surface area (Å²) in [5.74, 6) is 0.613. The molecule has 0 aliphatic heterocycles. The fourth-order valence-corrected chi connectivity index (χ4v) is 2.47. The maximum Gasteiger partial charge on any atom is 0.265 e. The molecule has 0 radical (unpaired) electrons. The van der Waals surface area contributed by atoms with Gasteiger partial charge in [0.25, 0.3) is 5.91 Å². The number of hydrogen-bond donors (Lipinski definition) is 3. The summed E-state index contributed by atoms with van der Waals surface area (Å²) in [4.78, 5) is 17.0. The number of carbonyl (C=O) groups excluding carboxylic acids is 1. The summed E-state index contributed by atoms with van der Waals surface area (Å²) in [5, 5.41) is 6.87. The van der Waals surface area contributed by atoms with E-state index < -0.39 is 0 Å². The number of anilines is 2. The highest BCUT2D eigenvalue weighted by molar-refractivity contribution is 7.18. The topological polar surface area (TPSA) is 80.0 Å². The number of nitrogens with zero attached hydrogens (tertiary/aromatic N) is 1. The van der Waals surface area contributed by atoms with E-state index >= 15 is 0 Å². The smallest absolute Gasteiger partial charge is 0.265 e. The summed E-state index contributed by atoms with van der Waals surface area (Å²) in [6, 6.07) is 0. The van der Waals surface area contributed by atoms with E-state index in [0.717, 1.165) is 0 Å². The molecule has 0 aliphatic rings. The van der Waals surface area contributed by atoms with Crippen LogP contribution in [0.5, 0.6) is 0 Å². The lowest BCUT2D eigenvalue weighted by molar-refractivity contribution is 0.0929. The molecular weight excluding hydrogens is 284 g/mol. The van der Waals surface area contributed by atoms with Gasteiger partial charge in [0.05, 0.1) is 0 Å². The highest BCUT2D eigenvalue weighted by atomic mass is 32.1. The van der Waals surface area contributed by atoms with Crippen molar-refractivity contribution in [2.45, 2.75) is 54.0 Å². The third-order valence-corrected chi connectivity index (χ3v) is 4.59. The molecule has 120 valence electrons. The van der Waals surface area contributed by atoms with Crippen molar-refractivity contribution in [2.75, 3.05) is 17.6 Å². The first-order valence-corrected chi connectivity index (χ1v) is 8.07. The molecule has 0 aromatic carbocycles. The lowest BCUT2D eigenvalue weighted by Gasteiger charge is -2.29. The zero-order chi connectivity index (χ0) is 16.4. The summed E-state index contributed by atoms with van der Waals surface area (Å²) in [6.07, 6.45) is 0. The largest absolute Gasteiger partial charge is 0.382 e. The quantitative estimate of drug-likeness (QED) is 0.779. The van der Waals surface area contributed by atoms with E-state index in [-0.39, 0.29) is 22.7 Å². The molecule has 1 amide bonds. The van der Waals surface area contributed by atoms with Crippen LogP contribution in [0.1, 0.15) is 58.1 Å². The molecule has 21 heavy (non-hydrogen) atoms. The molecule has 0 bridgehead atoms. The summed E-state index contributed by atoms with van der Waals surface area (Å²) in [5.41, 5.74) is 5.79. The lowest BCUT2D eigenvalue weighted by atomic mass is 9.81. The van der Waals surface area contributed by atoms with Crippen molar-refractivity contribution in [1.82, 2.24) is 10.3 Å². The highest BCUT2D eigenvalue weighted by Crippen LogP contribution is 2.28. The number of rotatable bonds is 5. The van der Waals surface area contributed by atoms with Crippen LogP contribution in [0.2, 0.25) is 0 Å². The van der Waals surface area contributed by atoms with Crippen molar-refractivity contribution in [1.29, 1.82) is 0 Å². The van der Waals surface area contributed by atoms with Crippen LogP contribution in [-0.2, 0) is 0 Å². The Bertz CT molecular complexity index is 500. The van der Waals surface area contributed by atoms with Gasteiger partial charge in [-0.1, -0.05) is 39.0 Å². The van der Waals surface area contributed by atoms with Crippen molar-refractivity contribution in [3.8, 4) is 0 Å². The monoisotopic (exact) mass is 312 g/mol. The Balaban J connectivity index is 2.75. The second kappa shape index (κ2) is 6.22. The Labute approximate surface area is 131 Å². The molecule has 1 aromatic heterocycles. The van der Waals surface area contributed by atoms with Gasteiger partial charge in [-0.3, -0.25) is 4.79 Å². The zero-order valence-corrected chi connectivity index (χ0v) is 14.9. The van der Waals surface area contributed by atoms with E-state index in [9.17, 15) is 4.79 Å². The van der Waals surface area contributed by atoms with Gasteiger partial charge < -0.3 is 16.4 Å². The standard InChI is InChI=1S/C15H28N4OS/c1-9(2)15(6,7)8-17-12(20)10-11(16)18-13(21-10)19-14(3,4)5/h9H,8,16H2,1-7H3,(H,17,20)(H,18,19). The van der Waals surface area contributed by atoms with Gasteiger partial charge in [-0.15, -0.1) is 0 Å². The summed E-state index contributed by atoms with van der Waals surface area (Å²) < 4.78 is 0. The van der Waals surface area contributed by atoms with Crippen molar-refractivity contribution in [3.63, 3.8) is 0 Å². The molecule has 1 heterocycles. The number of amides is 1. The fraction of sp³-hybridized carbons (Fsp3) is 0.733. The van der Waals surface area contributed by atoms with Crippen molar-refractivity contribution in [2.24, 2.45) is 11.3 Å². The average Bonchev–Trinajstić information content (AvgIpc) is 2.64. The van der Waals surface area contributed by atoms with Crippen LogP contribution in [0.3, 0.4) is 0 Å². The highest BCUT2D eigenvalue weighted by Gasteiger charge is 2.25. The lowest BCUT2D eigenvalue weighted by Crippen LogP contribution is -2.36. The Morgan fingerprint density at radius 2 is 1.86 bits per heavy atom. The number of thiazole rings is 1. The minimum Gasteiger partial charge on any atom is -0.382 e. The number of nitrogens with one attached hydrogen (secondary N) is 2. The molecule has 0 fully saturated rings. The molecule has 1 aromatic rings. The minimum absolute atomic E-state index is 0.0433. The molecule has 6 heteroatoms. The van der Waals surface area contributed by atoms with Gasteiger partial charge in [0.15, 0.2) is 5.13 Å². The van der Waals surface area contributed by atoms with Gasteiger partial charge in [0.2, 0.25) is 0 Å². The van der Waals surface area contributed by atoms with E-state index in [0.29, 0.717) is 22.5 Å². The second-order valence-corrected chi connectivity index (χ2v) is 8.43. The van der Waals surface area contributed by atoms with Gasteiger partial charge in [0, 0.05) is 12.1 Å². The Morgan fingerprint density at radius 3 is 2.33 bits per heavy atom. The van der Waals surface area contributed by atoms with Gasteiger partial charge >= 0.3 is 0 Å². The minimum atomic E-state index is -0.152. The molecular formula is C15H28N4OS. The summed E-state index contributed by atoms with van der Waals surface area (Å²) in [7, 11) is 0. The van der Waals surface area contributed by atoms with E-state index in [4.69, 9.17) is 5.73 Å². The van der Waals surface area contributed by atoms with Crippen LogP contribution < -0.4 is 16.4 Å². The first kappa shape index (κ1) is 17.8. The van der Waals surface area contributed by atoms with Crippen LogP contribution in [0, 0.1) is 11.3 Å². The van der Waals surface area contributed by atoms with Gasteiger partial charge in [-0.25, -0.2) is 4.98 Å². The fourth-order valence-electron chi connectivity index (χ4n) is 1.46. The summed E-state index contributed by atoms with van der Waals surface area (Å²) in [6.45, 7) is 15.3. The molecule has 0 saturated heterocycles. The molecule has 0 saturated carbocycles. The van der Waals surface area contributed by atoms with Gasteiger partial charge in [0.1, 0.15) is 10.7 Å². The van der Waals surface area contributed by atoms with Crippen LogP contribution >= 0.6 is 11.3 Å². The molecule has 0 atom stereocenters. The van der Waals surface area contributed by atoms with Gasteiger partial charge in [-0.2, -0.15) is 0 Å². The van der Waals surface area contributed by atoms with Crippen LogP contribution in [0.4, 0.5) is 10.9 Å². The number of nitrogen functional groups attached to an aromatic ring is 1. The normalized spacial score (nSPS) is 12.6. The van der Waals surface area contributed by atoms with Crippen molar-refractivity contribution in [3.05, 3.63) is 4.88 Å². The van der Waals surface area contributed by atoms with Gasteiger partial charge in [-0.05, 0) is 32.1 Å². The average molecular weight is 312 g/mol. The molecule has 4 N–H and O–H groups in total. The zero-order valence-electron chi connectivity index (χ0n) is 14.1. The van der Waals surface area contributed by atoms with Crippen LogP contribution in [0.15, 0.2) is 0 Å². The molecule has 0 aliphatic carbocycles. The predicted molar refractivity (Wildman–Crippen MR) is 90.9 cm³/mol. The third kappa shape index (κ3) is 5.19. The van der Waals surface area contributed by atoms with Crippen LogP contribution in [0.25, 0.3) is 0 Å². The molecule has 5 nitrogen and oxygen atoms in total. The van der Waals surface area contributed by atoms with Crippen molar-refractivity contribution >= 4 is 28.2 Å². The maximum absolute atomic E-state index is 12.3. The third-order valence-electron chi connectivity index (χ3n) is 3.61.